The lowest BCUT2D eigenvalue weighted by molar-refractivity contribution is -0.385. The monoisotopic (exact) mass is 356 g/mol. The maximum Gasteiger partial charge on any atom is 0.271 e. The molecule has 26 heavy (non-hydrogen) atoms. The molecule has 2 aromatic carbocycles. The highest BCUT2D eigenvalue weighted by molar-refractivity contribution is 6.02. The number of hydrogen-bond donors (Lipinski definition) is 1. The summed E-state index contributed by atoms with van der Waals surface area (Å²) in [6, 6.07) is 11.2. The van der Waals surface area contributed by atoms with Gasteiger partial charge in [-0.25, -0.2) is 5.43 Å². The van der Waals surface area contributed by atoms with Crippen LogP contribution in [0.4, 0.5) is 11.4 Å². The van der Waals surface area contributed by atoms with Gasteiger partial charge in [0.05, 0.1) is 15.6 Å². The number of nitrogens with one attached hydrogen (secondary N) is 1. The lowest BCUT2D eigenvalue weighted by Gasteiger charge is -2.07. The van der Waals surface area contributed by atoms with Crippen LogP contribution in [0.2, 0.25) is 0 Å². The highest BCUT2D eigenvalue weighted by Crippen LogP contribution is 2.16. The van der Waals surface area contributed by atoms with Crippen molar-refractivity contribution in [3.63, 3.8) is 0 Å². The zero-order chi connectivity index (χ0) is 19.1. The molecule has 0 aliphatic heterocycles. The molecule has 0 atom stereocenters. The average molecular weight is 356 g/mol. The standard InChI is InChI=1S/C17H16N4O5/c1-2-5-16(12-6-3-8-14(10-12)20(23)24)18-19-17(22)13-7-4-9-15(11-13)21(25)26/h3-4,6-11H,2,5H2,1H3,(H,19,22)/b18-16-. The normalized spacial score (nSPS) is 11.0. The molecule has 0 aromatic heterocycles. The molecular formula is C17H16N4O5. The van der Waals surface area contributed by atoms with Gasteiger partial charge < -0.3 is 0 Å². The number of nitro groups is 2. The van der Waals surface area contributed by atoms with Crippen molar-refractivity contribution < 1.29 is 14.6 Å². The van der Waals surface area contributed by atoms with E-state index in [-0.39, 0.29) is 16.9 Å². The summed E-state index contributed by atoms with van der Waals surface area (Å²) in [7, 11) is 0. The fourth-order valence-corrected chi connectivity index (χ4v) is 2.24. The number of carbonyl (C=O) groups excluding carboxylic acids is 1. The Kier molecular flexibility index (Phi) is 6.10. The Balaban J connectivity index is 2.25. The van der Waals surface area contributed by atoms with Crippen LogP contribution >= 0.6 is 0 Å². The van der Waals surface area contributed by atoms with Gasteiger partial charge in [0.2, 0.25) is 0 Å². The molecule has 0 bridgehead atoms. The average Bonchev–Trinajstić information content (AvgIpc) is 2.65. The fraction of sp³-hybridized carbons (Fsp3) is 0.176. The van der Waals surface area contributed by atoms with Crippen LogP contribution in [0.15, 0.2) is 53.6 Å². The molecule has 0 aliphatic carbocycles. The number of nitrogens with zero attached hydrogens (tertiary/aromatic N) is 3. The van der Waals surface area contributed by atoms with E-state index in [1.807, 2.05) is 6.92 Å². The molecule has 0 saturated heterocycles. The number of non-ortho nitro benzene ring substituents is 2. The van der Waals surface area contributed by atoms with Gasteiger partial charge in [-0.15, -0.1) is 0 Å². The zero-order valence-corrected chi connectivity index (χ0v) is 13.9. The molecule has 0 spiro atoms. The molecule has 2 rings (SSSR count). The van der Waals surface area contributed by atoms with E-state index in [0.717, 1.165) is 6.07 Å². The first kappa shape index (κ1) is 18.7. The van der Waals surface area contributed by atoms with Crippen LogP contribution in [-0.4, -0.2) is 21.5 Å². The number of amides is 1. The zero-order valence-electron chi connectivity index (χ0n) is 13.9. The number of nitro benzene ring substituents is 2. The maximum absolute atomic E-state index is 12.2. The topological polar surface area (TPSA) is 128 Å². The third-order valence-corrected chi connectivity index (χ3v) is 3.49. The minimum Gasteiger partial charge on any atom is -0.267 e. The van der Waals surface area contributed by atoms with Crippen LogP contribution in [0.5, 0.6) is 0 Å². The highest BCUT2D eigenvalue weighted by atomic mass is 16.6. The van der Waals surface area contributed by atoms with Crippen molar-refractivity contribution in [3.8, 4) is 0 Å². The quantitative estimate of drug-likeness (QED) is 0.462. The molecule has 0 radical (unpaired) electrons. The number of hydrazone groups is 1. The number of carbonyl (C=O) groups is 1. The molecule has 2 aromatic rings. The first-order valence-electron chi connectivity index (χ1n) is 7.78. The molecule has 0 saturated carbocycles. The van der Waals surface area contributed by atoms with Gasteiger partial charge in [0.1, 0.15) is 0 Å². The Morgan fingerprint density at radius 2 is 1.54 bits per heavy atom. The summed E-state index contributed by atoms with van der Waals surface area (Å²) in [6.45, 7) is 1.91. The molecule has 0 fully saturated rings. The summed E-state index contributed by atoms with van der Waals surface area (Å²) in [6.07, 6.45) is 1.21. The third-order valence-electron chi connectivity index (χ3n) is 3.49. The van der Waals surface area contributed by atoms with E-state index in [2.05, 4.69) is 10.5 Å². The molecule has 9 heteroatoms. The first-order valence-corrected chi connectivity index (χ1v) is 7.78. The predicted molar refractivity (Wildman–Crippen MR) is 95.1 cm³/mol. The predicted octanol–water partition coefficient (Wildman–Crippen LogP) is 3.44. The van der Waals surface area contributed by atoms with Crippen LogP contribution in [0, 0.1) is 20.2 Å². The van der Waals surface area contributed by atoms with Gasteiger partial charge in [-0.2, -0.15) is 5.10 Å². The van der Waals surface area contributed by atoms with Crippen molar-refractivity contribution in [1.82, 2.24) is 5.43 Å². The van der Waals surface area contributed by atoms with Crippen LogP contribution in [0.1, 0.15) is 35.7 Å². The third kappa shape index (κ3) is 4.69. The minimum absolute atomic E-state index is 0.0729. The fourth-order valence-electron chi connectivity index (χ4n) is 2.24. The van der Waals surface area contributed by atoms with Crippen LogP contribution in [0.3, 0.4) is 0 Å². The van der Waals surface area contributed by atoms with Gasteiger partial charge in [0, 0.05) is 35.4 Å². The van der Waals surface area contributed by atoms with E-state index >= 15 is 0 Å². The van der Waals surface area contributed by atoms with Crippen molar-refractivity contribution >= 4 is 23.0 Å². The van der Waals surface area contributed by atoms with E-state index in [1.165, 1.54) is 30.3 Å². The second-order valence-corrected chi connectivity index (χ2v) is 5.36. The molecule has 0 unspecified atom stereocenters. The van der Waals surface area contributed by atoms with Crippen molar-refractivity contribution in [1.29, 1.82) is 0 Å². The Morgan fingerprint density at radius 1 is 1.00 bits per heavy atom. The van der Waals surface area contributed by atoms with Crippen molar-refractivity contribution in [2.24, 2.45) is 5.10 Å². The van der Waals surface area contributed by atoms with Crippen molar-refractivity contribution in [2.75, 3.05) is 0 Å². The lowest BCUT2D eigenvalue weighted by atomic mass is 10.1. The Hall–Kier alpha value is -3.62. The van der Waals surface area contributed by atoms with Crippen LogP contribution in [-0.2, 0) is 0 Å². The van der Waals surface area contributed by atoms with Gasteiger partial charge in [-0.1, -0.05) is 31.5 Å². The molecule has 0 heterocycles. The van der Waals surface area contributed by atoms with Crippen molar-refractivity contribution in [3.05, 3.63) is 79.9 Å². The van der Waals surface area contributed by atoms with Gasteiger partial charge in [0.25, 0.3) is 17.3 Å². The Morgan fingerprint density at radius 3 is 2.08 bits per heavy atom. The van der Waals surface area contributed by atoms with Gasteiger partial charge in [-0.05, 0) is 12.5 Å². The minimum atomic E-state index is -0.604. The van der Waals surface area contributed by atoms with Gasteiger partial charge in [-0.3, -0.25) is 25.0 Å². The maximum atomic E-state index is 12.2. The van der Waals surface area contributed by atoms with E-state index in [0.29, 0.717) is 24.1 Å². The van der Waals surface area contributed by atoms with Crippen LogP contribution in [0.25, 0.3) is 0 Å². The van der Waals surface area contributed by atoms with Crippen molar-refractivity contribution in [2.45, 2.75) is 19.8 Å². The Bertz CT molecular complexity index is 879. The number of hydrogen-bond acceptors (Lipinski definition) is 6. The van der Waals surface area contributed by atoms with E-state index in [4.69, 9.17) is 0 Å². The molecular weight excluding hydrogens is 340 g/mol. The van der Waals surface area contributed by atoms with E-state index < -0.39 is 15.8 Å². The SMILES string of the molecule is CCC/C(=N/NC(=O)c1cccc([N+](=O)[O-])c1)c1cccc([N+](=O)[O-])c1. The summed E-state index contributed by atoms with van der Waals surface area (Å²) in [5.41, 5.74) is 3.19. The summed E-state index contributed by atoms with van der Waals surface area (Å²) in [5, 5.41) is 25.8. The highest BCUT2D eigenvalue weighted by Gasteiger charge is 2.13. The molecule has 1 N–H and O–H groups in total. The first-order chi connectivity index (χ1) is 12.4. The van der Waals surface area contributed by atoms with E-state index in [1.54, 1.807) is 12.1 Å². The summed E-state index contributed by atoms with van der Waals surface area (Å²) in [5.74, 6) is -0.604. The number of benzene rings is 2. The summed E-state index contributed by atoms with van der Waals surface area (Å²) in [4.78, 5) is 32.8. The summed E-state index contributed by atoms with van der Waals surface area (Å²) >= 11 is 0. The smallest absolute Gasteiger partial charge is 0.267 e. The molecule has 134 valence electrons. The molecule has 9 nitrogen and oxygen atoms in total. The number of rotatable bonds is 7. The van der Waals surface area contributed by atoms with Crippen LogP contribution < -0.4 is 5.43 Å². The van der Waals surface area contributed by atoms with E-state index in [9.17, 15) is 25.0 Å². The second kappa shape index (κ2) is 8.47. The van der Waals surface area contributed by atoms with Gasteiger partial charge >= 0.3 is 0 Å². The lowest BCUT2D eigenvalue weighted by Crippen LogP contribution is -2.20. The summed E-state index contributed by atoms with van der Waals surface area (Å²) < 4.78 is 0. The molecule has 1 amide bonds. The van der Waals surface area contributed by atoms with Gasteiger partial charge in [0.15, 0.2) is 0 Å². The Labute approximate surface area is 148 Å². The largest absolute Gasteiger partial charge is 0.271 e. The molecule has 0 aliphatic rings. The second-order valence-electron chi connectivity index (χ2n) is 5.36.